The molecule has 132 valence electrons. The minimum Gasteiger partial charge on any atom is -0.265 e. The first-order chi connectivity index (χ1) is 12.6. The van der Waals surface area contributed by atoms with E-state index in [2.05, 4.69) is 60.2 Å². The Morgan fingerprint density at radius 3 is 2.38 bits per heavy atom. The van der Waals surface area contributed by atoms with Gasteiger partial charge in [0, 0.05) is 23.9 Å². The van der Waals surface area contributed by atoms with E-state index in [1.54, 1.807) is 23.7 Å². The number of fused-ring (bicyclic) bond motifs is 1. The van der Waals surface area contributed by atoms with Crippen LogP contribution in [-0.2, 0) is 6.42 Å². The van der Waals surface area contributed by atoms with Gasteiger partial charge in [0.25, 0.3) is 0 Å². The van der Waals surface area contributed by atoms with E-state index >= 15 is 0 Å². The molecule has 4 rings (SSSR count). The summed E-state index contributed by atoms with van der Waals surface area (Å²) < 4.78 is 1.83. The molecular weight excluding hydrogens is 342 g/mol. The largest absolute Gasteiger partial charge is 0.265 e. The van der Waals surface area contributed by atoms with Crippen LogP contribution >= 0.6 is 11.3 Å². The zero-order chi connectivity index (χ0) is 18.1. The molecule has 0 N–H and O–H groups in total. The lowest BCUT2D eigenvalue weighted by atomic mass is 9.97. The van der Waals surface area contributed by atoms with Gasteiger partial charge in [-0.05, 0) is 35.6 Å². The zero-order valence-corrected chi connectivity index (χ0v) is 15.9. The summed E-state index contributed by atoms with van der Waals surface area (Å²) in [6.45, 7) is 6.68. The van der Waals surface area contributed by atoms with Crippen LogP contribution < -0.4 is 0 Å². The summed E-state index contributed by atoms with van der Waals surface area (Å²) in [5.41, 5.74) is 3.62. The van der Waals surface area contributed by atoms with E-state index in [1.807, 2.05) is 16.6 Å². The molecule has 0 saturated carbocycles. The number of aromatic nitrogens is 5. The fraction of sp³-hybridized carbons (Fsp3) is 0.300. The third kappa shape index (κ3) is 3.24. The third-order valence-electron chi connectivity index (χ3n) is 4.44. The van der Waals surface area contributed by atoms with Crippen molar-refractivity contribution in [2.45, 2.75) is 33.1 Å². The monoisotopic (exact) mass is 363 g/mol. The highest BCUT2D eigenvalue weighted by Gasteiger charge is 2.18. The van der Waals surface area contributed by atoms with E-state index in [0.717, 1.165) is 27.8 Å². The van der Waals surface area contributed by atoms with Crippen LogP contribution in [0.15, 0.2) is 48.8 Å². The van der Waals surface area contributed by atoms with Crippen LogP contribution in [0.4, 0.5) is 0 Å². The second kappa shape index (κ2) is 6.96. The van der Waals surface area contributed by atoms with E-state index in [4.69, 9.17) is 5.10 Å². The van der Waals surface area contributed by atoms with Gasteiger partial charge in [0.2, 0.25) is 4.96 Å². The predicted octanol–water partition coefficient (Wildman–Crippen LogP) is 4.60. The Kier molecular flexibility index (Phi) is 4.51. The molecule has 0 radical (unpaired) electrons. The second-order valence-electron chi connectivity index (χ2n) is 6.96. The van der Waals surface area contributed by atoms with Gasteiger partial charge in [-0.2, -0.15) is 9.61 Å². The molecule has 5 nitrogen and oxygen atoms in total. The molecule has 26 heavy (non-hydrogen) atoms. The molecule has 3 heterocycles. The fourth-order valence-corrected chi connectivity index (χ4v) is 3.96. The Morgan fingerprint density at radius 2 is 1.69 bits per heavy atom. The van der Waals surface area contributed by atoms with E-state index < -0.39 is 0 Å². The minimum absolute atomic E-state index is 0.222. The molecule has 3 aromatic heterocycles. The van der Waals surface area contributed by atoms with Gasteiger partial charge in [-0.25, -0.2) is 0 Å². The highest BCUT2D eigenvalue weighted by molar-refractivity contribution is 7.16. The van der Waals surface area contributed by atoms with Gasteiger partial charge in [0.05, 0.1) is 0 Å². The Hall–Kier alpha value is -2.60. The molecule has 4 aromatic rings. The molecule has 1 atom stereocenters. The van der Waals surface area contributed by atoms with Crippen molar-refractivity contribution in [3.8, 4) is 11.4 Å². The van der Waals surface area contributed by atoms with Crippen LogP contribution in [-0.4, -0.2) is 24.8 Å². The van der Waals surface area contributed by atoms with Crippen LogP contribution in [0.3, 0.4) is 0 Å². The van der Waals surface area contributed by atoms with Crippen molar-refractivity contribution in [1.29, 1.82) is 0 Å². The van der Waals surface area contributed by atoms with Gasteiger partial charge in [0.1, 0.15) is 5.01 Å². The van der Waals surface area contributed by atoms with Crippen LogP contribution in [0, 0.1) is 5.92 Å². The maximum atomic E-state index is 4.79. The van der Waals surface area contributed by atoms with Crippen molar-refractivity contribution >= 4 is 16.3 Å². The first kappa shape index (κ1) is 16.8. The Morgan fingerprint density at radius 1 is 0.962 bits per heavy atom. The van der Waals surface area contributed by atoms with Gasteiger partial charge in [-0.1, -0.05) is 56.4 Å². The Labute approximate surface area is 156 Å². The van der Waals surface area contributed by atoms with Crippen molar-refractivity contribution in [3.63, 3.8) is 0 Å². The highest BCUT2D eigenvalue weighted by atomic mass is 32.1. The summed E-state index contributed by atoms with van der Waals surface area (Å²) in [7, 11) is 0. The third-order valence-corrected chi connectivity index (χ3v) is 5.52. The summed E-state index contributed by atoms with van der Waals surface area (Å²) in [6.07, 6.45) is 4.62. The van der Waals surface area contributed by atoms with E-state index in [-0.39, 0.29) is 5.92 Å². The Bertz CT molecular complexity index is 1000. The number of hydrogen-bond acceptors (Lipinski definition) is 5. The van der Waals surface area contributed by atoms with Crippen LogP contribution in [0.1, 0.15) is 42.8 Å². The number of benzene rings is 1. The average Bonchev–Trinajstić information content (AvgIpc) is 3.22. The van der Waals surface area contributed by atoms with E-state index in [9.17, 15) is 0 Å². The van der Waals surface area contributed by atoms with Crippen LogP contribution in [0.25, 0.3) is 16.3 Å². The number of nitrogens with zero attached hydrogens (tertiary/aromatic N) is 5. The Balaban J connectivity index is 1.63. The predicted molar refractivity (Wildman–Crippen MR) is 104 cm³/mol. The molecule has 0 aliphatic rings. The van der Waals surface area contributed by atoms with E-state index in [1.165, 1.54) is 11.1 Å². The first-order valence-electron chi connectivity index (χ1n) is 8.83. The highest BCUT2D eigenvalue weighted by Crippen LogP contribution is 2.30. The standard InChI is InChI=1S/C20H21N5S/c1-13(2)12-15-4-6-16(7-5-15)14(3)19-24-25-18(22-23-20(25)26-19)17-8-10-21-11-9-17/h4-11,13-14H,12H2,1-3H3. The molecule has 1 unspecified atom stereocenters. The fourth-order valence-electron chi connectivity index (χ4n) is 3.04. The number of hydrogen-bond donors (Lipinski definition) is 0. The molecule has 0 spiro atoms. The van der Waals surface area contributed by atoms with Gasteiger partial charge in [-0.3, -0.25) is 4.98 Å². The minimum atomic E-state index is 0.222. The second-order valence-corrected chi connectivity index (χ2v) is 7.94. The van der Waals surface area contributed by atoms with Crippen molar-refractivity contribution in [1.82, 2.24) is 24.8 Å². The van der Waals surface area contributed by atoms with E-state index in [0.29, 0.717) is 5.92 Å². The van der Waals surface area contributed by atoms with Crippen molar-refractivity contribution in [2.24, 2.45) is 5.92 Å². The average molecular weight is 363 g/mol. The normalized spacial score (nSPS) is 12.8. The molecule has 0 aliphatic carbocycles. The summed E-state index contributed by atoms with van der Waals surface area (Å²) >= 11 is 1.59. The molecule has 0 fully saturated rings. The van der Waals surface area contributed by atoms with Crippen LogP contribution in [0.2, 0.25) is 0 Å². The molecule has 1 aromatic carbocycles. The SMILES string of the molecule is CC(C)Cc1ccc(C(C)c2nn3c(-c4ccncc4)nnc3s2)cc1. The number of pyridine rings is 1. The van der Waals surface area contributed by atoms with Gasteiger partial charge >= 0.3 is 0 Å². The first-order valence-corrected chi connectivity index (χ1v) is 9.65. The van der Waals surface area contributed by atoms with Crippen molar-refractivity contribution < 1.29 is 0 Å². The smallest absolute Gasteiger partial charge is 0.234 e. The summed E-state index contributed by atoms with van der Waals surface area (Å²) in [5.74, 6) is 1.65. The van der Waals surface area contributed by atoms with Gasteiger partial charge < -0.3 is 0 Å². The lowest BCUT2D eigenvalue weighted by Gasteiger charge is -2.10. The molecule has 0 aliphatic heterocycles. The van der Waals surface area contributed by atoms with Gasteiger partial charge in [0.15, 0.2) is 5.82 Å². The lowest BCUT2D eigenvalue weighted by Crippen LogP contribution is -1.99. The summed E-state index contributed by atoms with van der Waals surface area (Å²) in [5, 5.41) is 14.4. The maximum absolute atomic E-state index is 4.79. The molecule has 6 heteroatoms. The topological polar surface area (TPSA) is 56.0 Å². The molecular formula is C20H21N5S. The molecule has 0 bridgehead atoms. The lowest BCUT2D eigenvalue weighted by molar-refractivity contribution is 0.647. The van der Waals surface area contributed by atoms with Gasteiger partial charge in [-0.15, -0.1) is 10.2 Å². The molecule has 0 amide bonds. The number of rotatable bonds is 5. The van der Waals surface area contributed by atoms with Crippen molar-refractivity contribution in [3.05, 3.63) is 64.9 Å². The summed E-state index contributed by atoms with van der Waals surface area (Å²) in [6, 6.07) is 12.7. The zero-order valence-electron chi connectivity index (χ0n) is 15.1. The molecule has 0 saturated heterocycles. The van der Waals surface area contributed by atoms with Crippen LogP contribution in [0.5, 0.6) is 0 Å². The summed E-state index contributed by atoms with van der Waals surface area (Å²) in [4.78, 5) is 4.87. The maximum Gasteiger partial charge on any atom is 0.234 e. The van der Waals surface area contributed by atoms with Crippen molar-refractivity contribution in [2.75, 3.05) is 0 Å². The quantitative estimate of drug-likeness (QED) is 0.520.